The van der Waals surface area contributed by atoms with Crippen molar-refractivity contribution in [1.82, 2.24) is 0 Å². The lowest BCUT2D eigenvalue weighted by molar-refractivity contribution is -0.140. The van der Waals surface area contributed by atoms with Gasteiger partial charge in [-0.2, -0.15) is 0 Å². The fourth-order valence-corrected chi connectivity index (χ4v) is 2.25. The quantitative estimate of drug-likeness (QED) is 0.436. The van der Waals surface area contributed by atoms with E-state index in [-0.39, 0.29) is 5.78 Å². The van der Waals surface area contributed by atoms with Gasteiger partial charge in [-0.1, -0.05) is 23.7 Å². The van der Waals surface area contributed by atoms with Crippen LogP contribution in [0.4, 0.5) is 0 Å². The van der Waals surface area contributed by atoms with E-state index in [0.29, 0.717) is 21.7 Å². The van der Waals surface area contributed by atoms with Gasteiger partial charge in [-0.15, -0.1) is 0 Å². The average Bonchev–Trinajstić information content (AvgIpc) is 2.66. The monoisotopic (exact) mass is 372 g/mol. The smallest absolute Gasteiger partial charge is 0.337 e. The molecule has 0 bridgehead atoms. The van der Waals surface area contributed by atoms with E-state index in [1.54, 1.807) is 48.5 Å². The number of halogens is 1. The van der Waals surface area contributed by atoms with Gasteiger partial charge in [0.05, 0.1) is 12.7 Å². The number of hydrogen-bond donors (Lipinski definition) is 0. The van der Waals surface area contributed by atoms with E-state index in [4.69, 9.17) is 16.3 Å². The molecule has 0 saturated heterocycles. The van der Waals surface area contributed by atoms with Crippen molar-refractivity contribution in [2.45, 2.75) is 13.0 Å². The van der Waals surface area contributed by atoms with Crippen LogP contribution in [0.3, 0.4) is 0 Å². The zero-order valence-electron chi connectivity index (χ0n) is 14.3. The van der Waals surface area contributed by atoms with Crippen molar-refractivity contribution >= 4 is 35.4 Å². The minimum atomic E-state index is -0.921. The minimum Gasteiger partial charge on any atom is -0.465 e. The number of ether oxygens (including phenoxy) is 2. The number of benzene rings is 2. The number of Topliss-reactive ketones (excluding diaryl/α,β-unsaturated/α-hetero) is 1. The highest BCUT2D eigenvalue weighted by molar-refractivity contribution is 6.30. The van der Waals surface area contributed by atoms with E-state index in [1.165, 1.54) is 26.2 Å². The summed E-state index contributed by atoms with van der Waals surface area (Å²) < 4.78 is 9.73. The van der Waals surface area contributed by atoms with Crippen LogP contribution in [0.5, 0.6) is 0 Å². The van der Waals surface area contributed by atoms with Gasteiger partial charge in [0.1, 0.15) is 0 Å². The molecule has 0 unspecified atom stereocenters. The molecule has 2 aromatic rings. The first-order valence-electron chi connectivity index (χ1n) is 7.77. The zero-order chi connectivity index (χ0) is 19.1. The molecule has 0 radical (unpaired) electrons. The van der Waals surface area contributed by atoms with Crippen LogP contribution in [0.2, 0.25) is 5.02 Å². The molecule has 0 aliphatic carbocycles. The number of ketones is 1. The number of carbonyl (C=O) groups excluding carboxylic acids is 3. The number of hydrogen-bond acceptors (Lipinski definition) is 5. The van der Waals surface area contributed by atoms with Crippen molar-refractivity contribution in [3.63, 3.8) is 0 Å². The summed E-state index contributed by atoms with van der Waals surface area (Å²) in [4.78, 5) is 35.4. The molecule has 0 fully saturated rings. The molecule has 0 amide bonds. The second kappa shape index (κ2) is 8.97. The molecule has 0 aliphatic heterocycles. The van der Waals surface area contributed by atoms with Gasteiger partial charge in [0.25, 0.3) is 0 Å². The van der Waals surface area contributed by atoms with Gasteiger partial charge in [0.15, 0.2) is 6.10 Å². The third-order valence-electron chi connectivity index (χ3n) is 3.53. The summed E-state index contributed by atoms with van der Waals surface area (Å²) in [7, 11) is 1.30. The Morgan fingerprint density at radius 3 is 2.12 bits per heavy atom. The van der Waals surface area contributed by atoms with E-state index < -0.39 is 18.0 Å². The van der Waals surface area contributed by atoms with Gasteiger partial charge in [-0.25, -0.2) is 9.59 Å². The van der Waals surface area contributed by atoms with Crippen molar-refractivity contribution < 1.29 is 23.9 Å². The lowest BCUT2D eigenvalue weighted by Crippen LogP contribution is -2.23. The second-order valence-corrected chi connectivity index (χ2v) is 5.83. The molecule has 134 valence electrons. The molecule has 0 heterocycles. The number of methoxy groups -OCH3 is 1. The van der Waals surface area contributed by atoms with Gasteiger partial charge in [-0.05, 0) is 55.0 Å². The molecule has 0 aromatic heterocycles. The Morgan fingerprint density at radius 2 is 1.54 bits per heavy atom. The van der Waals surface area contributed by atoms with Crippen LogP contribution in [0, 0.1) is 0 Å². The first-order chi connectivity index (χ1) is 12.4. The summed E-state index contributed by atoms with van der Waals surface area (Å²) in [5.41, 5.74) is 1.53. The third kappa shape index (κ3) is 5.29. The van der Waals surface area contributed by atoms with E-state index >= 15 is 0 Å². The van der Waals surface area contributed by atoms with Gasteiger partial charge in [0, 0.05) is 16.7 Å². The second-order valence-electron chi connectivity index (χ2n) is 5.40. The summed E-state index contributed by atoms with van der Waals surface area (Å²) in [6.07, 6.45) is 1.83. The predicted molar refractivity (Wildman–Crippen MR) is 98.2 cm³/mol. The summed E-state index contributed by atoms with van der Waals surface area (Å²) >= 11 is 5.78. The van der Waals surface area contributed by atoms with Crippen molar-refractivity contribution in [2.75, 3.05) is 7.11 Å². The van der Waals surface area contributed by atoms with E-state index in [0.717, 1.165) is 0 Å². The van der Waals surface area contributed by atoms with Crippen molar-refractivity contribution in [1.29, 1.82) is 0 Å². The van der Waals surface area contributed by atoms with Crippen LogP contribution >= 0.6 is 11.6 Å². The maximum atomic E-state index is 12.2. The Kier molecular flexibility index (Phi) is 6.69. The maximum absolute atomic E-state index is 12.2. The normalized spacial score (nSPS) is 11.8. The van der Waals surface area contributed by atoms with Gasteiger partial charge in [0.2, 0.25) is 5.78 Å². The van der Waals surface area contributed by atoms with E-state index in [9.17, 15) is 14.4 Å². The van der Waals surface area contributed by atoms with Crippen LogP contribution in [-0.2, 0) is 14.3 Å². The number of carbonyl (C=O) groups is 3. The van der Waals surface area contributed by atoms with Gasteiger partial charge >= 0.3 is 11.9 Å². The zero-order valence-corrected chi connectivity index (χ0v) is 15.0. The van der Waals surface area contributed by atoms with E-state index in [2.05, 4.69) is 4.74 Å². The SMILES string of the molecule is COC(=O)c1ccc(/C=C/C(=O)O[C@@H](C)C(=O)c2ccc(Cl)cc2)cc1. The Balaban J connectivity index is 1.94. The lowest BCUT2D eigenvalue weighted by Gasteiger charge is -2.10. The molecule has 2 rings (SSSR count). The molecule has 5 nitrogen and oxygen atoms in total. The molecular weight excluding hydrogens is 356 g/mol. The predicted octanol–water partition coefficient (Wildman–Crippen LogP) is 3.95. The molecule has 2 aromatic carbocycles. The highest BCUT2D eigenvalue weighted by Crippen LogP contribution is 2.13. The fourth-order valence-electron chi connectivity index (χ4n) is 2.13. The van der Waals surface area contributed by atoms with Crippen LogP contribution in [0.25, 0.3) is 6.08 Å². The molecule has 1 atom stereocenters. The van der Waals surface area contributed by atoms with Gasteiger partial charge in [-0.3, -0.25) is 4.79 Å². The molecule has 0 aliphatic rings. The third-order valence-corrected chi connectivity index (χ3v) is 3.79. The average molecular weight is 373 g/mol. The summed E-state index contributed by atoms with van der Waals surface area (Å²) in [5.74, 6) is -1.39. The number of rotatable bonds is 6. The summed E-state index contributed by atoms with van der Waals surface area (Å²) in [6.45, 7) is 1.51. The maximum Gasteiger partial charge on any atom is 0.337 e. The summed E-state index contributed by atoms with van der Waals surface area (Å²) in [5, 5.41) is 0.521. The van der Waals surface area contributed by atoms with Crippen LogP contribution in [0.1, 0.15) is 33.2 Å². The highest BCUT2D eigenvalue weighted by Gasteiger charge is 2.18. The van der Waals surface area contributed by atoms with E-state index in [1.807, 2.05) is 0 Å². The lowest BCUT2D eigenvalue weighted by atomic mass is 10.1. The Labute approximate surface area is 156 Å². The largest absolute Gasteiger partial charge is 0.465 e. The van der Waals surface area contributed by atoms with Gasteiger partial charge < -0.3 is 9.47 Å². The topological polar surface area (TPSA) is 69.7 Å². The first-order valence-corrected chi connectivity index (χ1v) is 8.15. The highest BCUT2D eigenvalue weighted by atomic mass is 35.5. The van der Waals surface area contributed by atoms with Crippen LogP contribution in [0.15, 0.2) is 54.6 Å². The van der Waals surface area contributed by atoms with Crippen molar-refractivity contribution in [2.24, 2.45) is 0 Å². The Morgan fingerprint density at radius 1 is 0.962 bits per heavy atom. The Bertz CT molecular complexity index is 822. The van der Waals surface area contributed by atoms with Crippen LogP contribution in [-0.4, -0.2) is 30.9 Å². The van der Waals surface area contributed by atoms with Crippen molar-refractivity contribution in [3.8, 4) is 0 Å². The minimum absolute atomic E-state index is 0.314. The molecule has 0 spiro atoms. The summed E-state index contributed by atoms with van der Waals surface area (Å²) in [6, 6.07) is 12.9. The molecule has 0 saturated carbocycles. The Hall–Kier alpha value is -2.92. The molecule has 6 heteroatoms. The molecule has 26 heavy (non-hydrogen) atoms. The van der Waals surface area contributed by atoms with Crippen LogP contribution < -0.4 is 0 Å². The fraction of sp³-hybridized carbons (Fsp3) is 0.150. The standard InChI is InChI=1S/C20H17ClO5/c1-13(19(23)15-8-10-17(21)11-9-15)26-18(22)12-5-14-3-6-16(7-4-14)20(24)25-2/h3-13H,1-2H3/b12-5+/t13-/m0/s1. The first kappa shape index (κ1) is 19.4. The van der Waals surface area contributed by atoms with Crippen molar-refractivity contribution in [3.05, 3.63) is 76.3 Å². The molecular formula is C20H17ClO5. The molecule has 0 N–H and O–H groups in total. The number of esters is 2.